The largest absolute Gasteiger partial charge is 0.495 e. The van der Waals surface area contributed by atoms with E-state index in [9.17, 15) is 21.6 Å². The van der Waals surface area contributed by atoms with E-state index >= 15 is 0 Å². The Balaban J connectivity index is 1.37. The van der Waals surface area contributed by atoms with Gasteiger partial charge in [0, 0.05) is 62.3 Å². The van der Waals surface area contributed by atoms with E-state index in [1.807, 2.05) is 13.8 Å². The summed E-state index contributed by atoms with van der Waals surface area (Å²) in [4.78, 5) is 9.44. The maximum absolute atomic E-state index is 13.6. The number of rotatable bonds is 8. The summed E-state index contributed by atoms with van der Waals surface area (Å²) in [5.74, 6) is 0.521. The molecule has 2 fully saturated rings. The first-order chi connectivity index (χ1) is 19.5. The highest BCUT2D eigenvalue weighted by Gasteiger charge is 2.36. The van der Waals surface area contributed by atoms with Crippen molar-refractivity contribution in [2.75, 3.05) is 57.1 Å². The summed E-state index contributed by atoms with van der Waals surface area (Å²) in [6.07, 6.45) is -2.14. The van der Waals surface area contributed by atoms with E-state index in [-0.39, 0.29) is 39.2 Å². The summed E-state index contributed by atoms with van der Waals surface area (Å²) in [7, 11) is -2.33. The number of nitrogens with one attached hydrogen (secondary N) is 3. The van der Waals surface area contributed by atoms with Gasteiger partial charge in [0.1, 0.15) is 17.2 Å². The highest BCUT2D eigenvalue weighted by Crippen LogP contribution is 2.40. The number of morpholine rings is 1. The van der Waals surface area contributed by atoms with Crippen LogP contribution in [0.1, 0.15) is 32.3 Å². The second-order valence-corrected chi connectivity index (χ2v) is 12.5. The quantitative estimate of drug-likeness (QED) is 0.345. The molecule has 0 aliphatic carbocycles. The monoisotopic (exact) mass is 596 g/mol. The van der Waals surface area contributed by atoms with Crippen LogP contribution in [-0.4, -0.2) is 86.2 Å². The van der Waals surface area contributed by atoms with E-state index < -0.39 is 21.8 Å². The number of benzene rings is 1. The Hall–Kier alpha value is -3.07. The number of hydrogen-bond donors (Lipinski definition) is 3. The summed E-state index contributed by atoms with van der Waals surface area (Å²) >= 11 is 0. The third-order valence-electron chi connectivity index (χ3n) is 7.45. The molecule has 0 unspecified atom stereocenters. The van der Waals surface area contributed by atoms with Gasteiger partial charge in [0.2, 0.25) is 10.0 Å². The number of pyridine rings is 1. The lowest BCUT2D eigenvalue weighted by Gasteiger charge is -2.39. The van der Waals surface area contributed by atoms with Crippen molar-refractivity contribution in [1.29, 1.82) is 0 Å². The zero-order valence-electron chi connectivity index (χ0n) is 23.2. The van der Waals surface area contributed by atoms with Crippen molar-refractivity contribution in [1.82, 2.24) is 19.2 Å². The Kier molecular flexibility index (Phi) is 8.37. The maximum Gasteiger partial charge on any atom is 0.418 e. The van der Waals surface area contributed by atoms with Crippen molar-refractivity contribution < 1.29 is 31.1 Å². The molecule has 2 aliphatic heterocycles. The van der Waals surface area contributed by atoms with Crippen LogP contribution in [-0.2, 0) is 20.9 Å². The molecule has 0 radical (unpaired) electrons. The minimum absolute atomic E-state index is 0.0532. The highest BCUT2D eigenvalue weighted by atomic mass is 32.2. The second kappa shape index (κ2) is 11.7. The van der Waals surface area contributed by atoms with Gasteiger partial charge in [0.25, 0.3) is 0 Å². The van der Waals surface area contributed by atoms with Crippen LogP contribution in [0.2, 0.25) is 0 Å². The van der Waals surface area contributed by atoms with Gasteiger partial charge >= 0.3 is 6.18 Å². The van der Waals surface area contributed by atoms with Crippen molar-refractivity contribution in [2.24, 2.45) is 0 Å². The normalized spacial score (nSPS) is 18.2. The predicted octanol–water partition coefficient (Wildman–Crippen LogP) is 4.64. The van der Waals surface area contributed by atoms with Crippen molar-refractivity contribution in [2.45, 2.75) is 49.8 Å². The third kappa shape index (κ3) is 6.25. The van der Waals surface area contributed by atoms with E-state index in [2.05, 4.69) is 25.5 Å². The van der Waals surface area contributed by atoms with E-state index in [4.69, 9.17) is 9.47 Å². The molecule has 2 aliphatic rings. The number of ether oxygens (including phenoxy) is 2. The maximum atomic E-state index is 13.6. The zero-order chi connectivity index (χ0) is 29.4. The fourth-order valence-electron chi connectivity index (χ4n) is 5.46. The van der Waals surface area contributed by atoms with Crippen LogP contribution in [0.5, 0.6) is 5.75 Å². The van der Waals surface area contributed by atoms with Crippen LogP contribution in [0.4, 0.5) is 30.4 Å². The minimum Gasteiger partial charge on any atom is -0.495 e. The van der Waals surface area contributed by atoms with E-state index in [0.29, 0.717) is 38.0 Å². The van der Waals surface area contributed by atoms with Crippen LogP contribution in [0.15, 0.2) is 35.4 Å². The van der Waals surface area contributed by atoms with Gasteiger partial charge in [-0.25, -0.2) is 13.4 Å². The van der Waals surface area contributed by atoms with Crippen molar-refractivity contribution in [3.05, 3.63) is 36.0 Å². The van der Waals surface area contributed by atoms with Crippen LogP contribution < -0.4 is 15.4 Å². The molecule has 2 aromatic heterocycles. The van der Waals surface area contributed by atoms with Crippen molar-refractivity contribution >= 4 is 38.2 Å². The number of halogens is 3. The summed E-state index contributed by atoms with van der Waals surface area (Å²) < 4.78 is 80.3. The number of aromatic amines is 1. The van der Waals surface area contributed by atoms with Gasteiger partial charge in [-0.2, -0.15) is 17.5 Å². The van der Waals surface area contributed by atoms with Crippen LogP contribution in [0.3, 0.4) is 0 Å². The Morgan fingerprint density at radius 1 is 1.10 bits per heavy atom. The molecule has 0 amide bonds. The minimum atomic E-state index is -4.55. The Bertz CT molecular complexity index is 1480. The molecule has 0 spiro atoms. The molecule has 0 bridgehead atoms. The van der Waals surface area contributed by atoms with E-state index in [1.165, 1.54) is 29.6 Å². The number of fused-ring (bicyclic) bond motifs is 1. The molecule has 0 atom stereocenters. The standard InChI is InChI=1S/C27H35F3N6O4S/c1-17(2)32-22-15-24(34-26-25(22)20(16-31-26)27(28,29)30)33-21-5-4-19(14-23(21)39-3)41(37,38)36-8-6-18(7-9-36)35-10-12-40-13-11-35/h4-5,14-18H,6-13H2,1-3H3,(H3,31,32,33,34). The Morgan fingerprint density at radius 3 is 2.44 bits per heavy atom. The number of H-pyrrole nitrogens is 1. The Morgan fingerprint density at radius 2 is 1.80 bits per heavy atom. The molecule has 3 aromatic rings. The molecule has 41 heavy (non-hydrogen) atoms. The molecule has 224 valence electrons. The fraction of sp³-hybridized carbons (Fsp3) is 0.519. The topological polar surface area (TPSA) is 112 Å². The summed E-state index contributed by atoms with van der Waals surface area (Å²) in [6.45, 7) is 7.66. The number of piperidine rings is 1. The summed E-state index contributed by atoms with van der Waals surface area (Å²) in [5.41, 5.74) is -0.0675. The molecule has 3 N–H and O–H groups in total. The smallest absolute Gasteiger partial charge is 0.418 e. The number of nitrogens with zero attached hydrogens (tertiary/aromatic N) is 3. The van der Waals surface area contributed by atoms with Crippen LogP contribution in [0.25, 0.3) is 11.0 Å². The fourth-order valence-corrected chi connectivity index (χ4v) is 6.95. The zero-order valence-corrected chi connectivity index (χ0v) is 24.0. The van der Waals surface area contributed by atoms with Gasteiger partial charge in [-0.05, 0) is 38.8 Å². The van der Waals surface area contributed by atoms with Gasteiger partial charge in [-0.3, -0.25) is 4.90 Å². The Labute approximate surface area is 237 Å². The number of methoxy groups -OCH3 is 1. The highest BCUT2D eigenvalue weighted by molar-refractivity contribution is 7.89. The SMILES string of the molecule is COc1cc(S(=O)(=O)N2CCC(N3CCOCC3)CC2)ccc1Nc1cc(NC(C)C)c2c(C(F)(F)F)c[nH]c2n1. The molecule has 0 saturated carbocycles. The first-order valence-electron chi connectivity index (χ1n) is 13.6. The van der Waals surface area contributed by atoms with E-state index in [1.54, 1.807) is 6.07 Å². The average molecular weight is 597 g/mol. The summed E-state index contributed by atoms with van der Waals surface area (Å²) in [6, 6.07) is 6.22. The number of anilines is 3. The van der Waals surface area contributed by atoms with Gasteiger partial charge in [0.05, 0.1) is 41.9 Å². The van der Waals surface area contributed by atoms with Gasteiger partial charge < -0.3 is 25.1 Å². The molecule has 5 rings (SSSR count). The van der Waals surface area contributed by atoms with E-state index in [0.717, 1.165) is 32.1 Å². The number of sulfonamides is 1. The van der Waals surface area contributed by atoms with Crippen LogP contribution >= 0.6 is 0 Å². The molecular weight excluding hydrogens is 561 g/mol. The summed E-state index contributed by atoms with van der Waals surface area (Å²) in [5, 5.41) is 6.09. The third-order valence-corrected chi connectivity index (χ3v) is 9.35. The van der Waals surface area contributed by atoms with Crippen molar-refractivity contribution in [3.8, 4) is 5.75 Å². The first-order valence-corrected chi connectivity index (χ1v) is 15.0. The molecular formula is C27H35F3N6O4S. The average Bonchev–Trinajstić information content (AvgIpc) is 3.39. The molecule has 2 saturated heterocycles. The van der Waals surface area contributed by atoms with Gasteiger partial charge in [0.15, 0.2) is 0 Å². The van der Waals surface area contributed by atoms with Gasteiger partial charge in [-0.15, -0.1) is 0 Å². The first kappa shape index (κ1) is 29.4. The number of aromatic nitrogens is 2. The lowest BCUT2D eigenvalue weighted by atomic mass is 10.0. The number of alkyl halides is 3. The molecule has 4 heterocycles. The van der Waals surface area contributed by atoms with Gasteiger partial charge in [-0.1, -0.05) is 0 Å². The van der Waals surface area contributed by atoms with Crippen LogP contribution in [0, 0.1) is 0 Å². The van der Waals surface area contributed by atoms with Crippen molar-refractivity contribution in [3.63, 3.8) is 0 Å². The predicted molar refractivity (Wildman–Crippen MR) is 150 cm³/mol. The second-order valence-electron chi connectivity index (χ2n) is 10.5. The molecule has 10 nitrogen and oxygen atoms in total. The molecule has 1 aromatic carbocycles. The number of hydrogen-bond acceptors (Lipinski definition) is 8. The lowest BCUT2D eigenvalue weighted by molar-refractivity contribution is -0.136. The molecule has 14 heteroatoms. The lowest BCUT2D eigenvalue weighted by Crippen LogP contribution is -2.50.